The van der Waals surface area contributed by atoms with E-state index < -0.39 is 12.1 Å². The number of nitrogens with one attached hydrogen (secondary N) is 3. The molecule has 0 aromatic heterocycles. The summed E-state index contributed by atoms with van der Waals surface area (Å²) in [6, 6.07) is 15.4. The molecule has 3 N–H and O–H groups in total. The molecule has 5 nitrogen and oxygen atoms in total. The highest BCUT2D eigenvalue weighted by molar-refractivity contribution is 9.10. The van der Waals surface area contributed by atoms with Crippen LogP contribution in [0.4, 0.5) is 16.2 Å². The fourth-order valence-corrected chi connectivity index (χ4v) is 2.52. The summed E-state index contributed by atoms with van der Waals surface area (Å²) in [5, 5.41) is 8.28. The molecule has 0 bridgehead atoms. The molecule has 24 heavy (non-hydrogen) atoms. The summed E-state index contributed by atoms with van der Waals surface area (Å²) >= 11 is 3.39. The number of carbonyl (C=O) groups is 2. The molecule has 2 rings (SSSR count). The van der Waals surface area contributed by atoms with Crippen molar-refractivity contribution in [3.8, 4) is 0 Å². The van der Waals surface area contributed by atoms with Crippen molar-refractivity contribution >= 4 is 39.2 Å². The van der Waals surface area contributed by atoms with Gasteiger partial charge in [0, 0.05) is 10.2 Å². The molecule has 1 unspecified atom stereocenters. The van der Waals surface area contributed by atoms with Crippen LogP contribution < -0.4 is 16.0 Å². The summed E-state index contributed by atoms with van der Waals surface area (Å²) < 4.78 is 0.787. The Morgan fingerprint density at radius 3 is 2.17 bits per heavy atom. The maximum absolute atomic E-state index is 12.5. The van der Waals surface area contributed by atoms with Crippen molar-refractivity contribution in [1.82, 2.24) is 5.32 Å². The fraction of sp³-hybridized carbons (Fsp3) is 0.222. The smallest absolute Gasteiger partial charge is 0.319 e. The second-order valence-electron chi connectivity index (χ2n) is 5.66. The molecule has 0 radical (unpaired) electrons. The number of rotatable bonds is 5. The van der Waals surface area contributed by atoms with Gasteiger partial charge in [0.05, 0.1) is 5.69 Å². The average molecular weight is 390 g/mol. The monoisotopic (exact) mass is 389 g/mol. The average Bonchev–Trinajstić information content (AvgIpc) is 2.55. The third-order valence-corrected chi connectivity index (χ3v) is 4.09. The maximum Gasteiger partial charge on any atom is 0.319 e. The van der Waals surface area contributed by atoms with Gasteiger partial charge in [0.15, 0.2) is 0 Å². The zero-order valence-corrected chi connectivity index (χ0v) is 15.1. The fourth-order valence-electron chi connectivity index (χ4n) is 2.14. The Kier molecular flexibility index (Phi) is 6.37. The number of amides is 3. The van der Waals surface area contributed by atoms with Crippen LogP contribution in [0.1, 0.15) is 13.8 Å². The summed E-state index contributed by atoms with van der Waals surface area (Å²) in [5.74, 6) is -0.325. The van der Waals surface area contributed by atoms with Crippen LogP contribution in [-0.4, -0.2) is 18.0 Å². The molecule has 0 aliphatic carbocycles. The lowest BCUT2D eigenvalue weighted by Crippen LogP contribution is -2.48. The molecule has 0 aliphatic rings. The van der Waals surface area contributed by atoms with Gasteiger partial charge in [0.25, 0.3) is 0 Å². The number of benzene rings is 2. The van der Waals surface area contributed by atoms with Crippen LogP contribution in [0.15, 0.2) is 59.1 Å². The number of carbonyl (C=O) groups excluding carboxylic acids is 2. The first kappa shape index (κ1) is 18.0. The third-order valence-electron chi connectivity index (χ3n) is 3.40. The Morgan fingerprint density at radius 2 is 1.54 bits per heavy atom. The van der Waals surface area contributed by atoms with E-state index in [0.29, 0.717) is 11.4 Å². The SMILES string of the molecule is CC(C)C(NC(=O)Nc1ccccc1)C(=O)Nc1ccccc1Br. The molecule has 3 amide bonds. The van der Waals surface area contributed by atoms with Gasteiger partial charge in [-0.25, -0.2) is 4.79 Å². The van der Waals surface area contributed by atoms with Gasteiger partial charge in [0.1, 0.15) is 6.04 Å². The lowest BCUT2D eigenvalue weighted by Gasteiger charge is -2.22. The van der Waals surface area contributed by atoms with Gasteiger partial charge < -0.3 is 16.0 Å². The summed E-state index contributed by atoms with van der Waals surface area (Å²) in [5.41, 5.74) is 1.34. The molecule has 0 spiro atoms. The van der Waals surface area contributed by atoms with Crippen molar-refractivity contribution in [2.24, 2.45) is 5.92 Å². The number of halogens is 1. The number of urea groups is 1. The van der Waals surface area contributed by atoms with Crippen molar-refractivity contribution in [1.29, 1.82) is 0 Å². The minimum Gasteiger partial charge on any atom is -0.326 e. The van der Waals surface area contributed by atoms with Crippen molar-refractivity contribution in [2.45, 2.75) is 19.9 Å². The van der Waals surface area contributed by atoms with Gasteiger partial charge >= 0.3 is 6.03 Å². The van der Waals surface area contributed by atoms with E-state index in [1.54, 1.807) is 18.2 Å². The molecule has 0 saturated carbocycles. The second-order valence-corrected chi connectivity index (χ2v) is 6.51. The molecule has 0 heterocycles. The van der Waals surface area contributed by atoms with Gasteiger partial charge in [-0.1, -0.05) is 44.2 Å². The maximum atomic E-state index is 12.5. The molecule has 0 fully saturated rings. The Balaban J connectivity index is 2.02. The molecule has 0 saturated heterocycles. The van der Waals surface area contributed by atoms with Crippen molar-refractivity contribution in [3.63, 3.8) is 0 Å². The van der Waals surface area contributed by atoms with Crippen LogP contribution >= 0.6 is 15.9 Å². The van der Waals surface area contributed by atoms with Gasteiger partial charge in [-0.05, 0) is 46.1 Å². The Bertz CT molecular complexity index is 704. The number of hydrogen-bond donors (Lipinski definition) is 3. The number of anilines is 2. The zero-order chi connectivity index (χ0) is 17.5. The summed E-state index contributed by atoms with van der Waals surface area (Å²) in [6.45, 7) is 3.76. The number of hydrogen-bond acceptors (Lipinski definition) is 2. The van der Waals surface area contributed by atoms with E-state index in [0.717, 1.165) is 4.47 Å². The molecule has 2 aromatic rings. The second kappa shape index (κ2) is 8.49. The number of para-hydroxylation sites is 2. The van der Waals surface area contributed by atoms with Crippen LogP contribution in [-0.2, 0) is 4.79 Å². The highest BCUT2D eigenvalue weighted by Gasteiger charge is 2.24. The van der Waals surface area contributed by atoms with E-state index in [1.165, 1.54) is 0 Å². The van der Waals surface area contributed by atoms with Gasteiger partial charge in [-0.2, -0.15) is 0 Å². The third kappa shape index (κ3) is 5.09. The van der Waals surface area contributed by atoms with Crippen molar-refractivity contribution < 1.29 is 9.59 Å². The summed E-state index contributed by atoms with van der Waals surface area (Å²) in [6.07, 6.45) is 0. The Morgan fingerprint density at radius 1 is 0.917 bits per heavy atom. The van der Waals surface area contributed by atoms with Gasteiger partial charge in [0.2, 0.25) is 5.91 Å². The largest absolute Gasteiger partial charge is 0.326 e. The van der Waals surface area contributed by atoms with Crippen molar-refractivity contribution in [3.05, 3.63) is 59.1 Å². The molecule has 6 heteroatoms. The quantitative estimate of drug-likeness (QED) is 0.715. The minimum atomic E-state index is -0.652. The van der Waals surface area contributed by atoms with Crippen LogP contribution in [0.3, 0.4) is 0 Å². The predicted molar refractivity (Wildman–Crippen MR) is 100.0 cm³/mol. The molecule has 126 valence electrons. The van der Waals surface area contributed by atoms with Gasteiger partial charge in [-0.3, -0.25) is 4.79 Å². The van der Waals surface area contributed by atoms with E-state index in [9.17, 15) is 9.59 Å². The summed E-state index contributed by atoms with van der Waals surface area (Å²) in [7, 11) is 0. The van der Waals surface area contributed by atoms with Crippen LogP contribution in [0.25, 0.3) is 0 Å². The van der Waals surface area contributed by atoms with Crippen LogP contribution in [0.5, 0.6) is 0 Å². The predicted octanol–water partition coefficient (Wildman–Crippen LogP) is 4.23. The molecular weight excluding hydrogens is 370 g/mol. The molecule has 1 atom stereocenters. The first-order valence-electron chi connectivity index (χ1n) is 7.65. The van der Waals surface area contributed by atoms with E-state index >= 15 is 0 Å². The van der Waals surface area contributed by atoms with E-state index in [1.807, 2.05) is 50.2 Å². The lowest BCUT2D eigenvalue weighted by molar-refractivity contribution is -0.118. The van der Waals surface area contributed by atoms with Crippen LogP contribution in [0.2, 0.25) is 0 Å². The summed E-state index contributed by atoms with van der Waals surface area (Å²) in [4.78, 5) is 24.7. The molecular formula is C18H20BrN3O2. The Labute approximate surface area is 150 Å². The minimum absolute atomic E-state index is 0.0611. The highest BCUT2D eigenvalue weighted by Crippen LogP contribution is 2.21. The van der Waals surface area contributed by atoms with Gasteiger partial charge in [-0.15, -0.1) is 0 Å². The zero-order valence-electron chi connectivity index (χ0n) is 13.5. The van der Waals surface area contributed by atoms with E-state index in [2.05, 4.69) is 31.9 Å². The van der Waals surface area contributed by atoms with E-state index in [4.69, 9.17) is 0 Å². The Hall–Kier alpha value is -2.34. The van der Waals surface area contributed by atoms with Crippen LogP contribution in [0, 0.1) is 5.92 Å². The first-order chi connectivity index (χ1) is 11.5. The first-order valence-corrected chi connectivity index (χ1v) is 8.44. The highest BCUT2D eigenvalue weighted by atomic mass is 79.9. The lowest BCUT2D eigenvalue weighted by atomic mass is 10.0. The van der Waals surface area contributed by atoms with Crippen molar-refractivity contribution in [2.75, 3.05) is 10.6 Å². The molecule has 2 aromatic carbocycles. The normalized spacial score (nSPS) is 11.7. The standard InChI is InChI=1S/C18H20BrN3O2/c1-12(2)16(17(23)21-15-11-7-6-10-14(15)19)22-18(24)20-13-8-4-3-5-9-13/h3-12,16H,1-2H3,(H,21,23)(H2,20,22,24). The topological polar surface area (TPSA) is 70.2 Å². The van der Waals surface area contributed by atoms with E-state index in [-0.39, 0.29) is 11.8 Å². The molecule has 0 aliphatic heterocycles.